The molecule has 0 fully saturated rings. The van der Waals surface area contributed by atoms with Crippen molar-refractivity contribution in [3.05, 3.63) is 11.8 Å². The Labute approximate surface area is 101 Å². The van der Waals surface area contributed by atoms with E-state index in [0.29, 0.717) is 6.08 Å². The van der Waals surface area contributed by atoms with E-state index in [1.165, 1.54) is 0 Å². The smallest absolute Gasteiger partial charge is 0.374 e. The van der Waals surface area contributed by atoms with Crippen molar-refractivity contribution in [2.24, 2.45) is 0 Å². The second-order valence-corrected chi connectivity index (χ2v) is 5.56. The predicted molar refractivity (Wildman–Crippen MR) is 62.4 cm³/mol. The molecule has 98 valence electrons. The van der Waals surface area contributed by atoms with E-state index in [-0.39, 0.29) is 0 Å². The van der Waals surface area contributed by atoms with Crippen molar-refractivity contribution >= 4 is 11.9 Å². The van der Waals surface area contributed by atoms with Gasteiger partial charge in [0.2, 0.25) is 5.76 Å². The highest BCUT2D eigenvalue weighted by Crippen LogP contribution is 2.11. The van der Waals surface area contributed by atoms with Crippen molar-refractivity contribution in [1.82, 2.24) is 0 Å². The minimum atomic E-state index is -0.955. The third-order valence-electron chi connectivity index (χ3n) is 1.27. The van der Waals surface area contributed by atoms with Crippen LogP contribution >= 0.6 is 0 Å². The summed E-state index contributed by atoms with van der Waals surface area (Å²) in [7, 11) is 0. The number of esters is 2. The van der Waals surface area contributed by atoms with Gasteiger partial charge in [0.05, 0.1) is 6.08 Å². The molecular formula is C12H20O5. The zero-order valence-corrected chi connectivity index (χ0v) is 11.2. The van der Waals surface area contributed by atoms with Gasteiger partial charge in [-0.25, -0.2) is 9.59 Å². The Kier molecular flexibility index (Phi) is 4.74. The van der Waals surface area contributed by atoms with Crippen LogP contribution in [0.5, 0.6) is 0 Å². The number of rotatable bonds is 2. The first-order chi connectivity index (χ1) is 7.41. The standard InChI is InChI=1S/C12H20O5/c1-11(2,3)16-9(14)7-8(13)10(15)17-12(4,5)6/h7,13H,1-6H3. The van der Waals surface area contributed by atoms with Crippen LogP contribution in [0, 0.1) is 0 Å². The summed E-state index contributed by atoms with van der Waals surface area (Å²) in [6.07, 6.45) is 0.708. The summed E-state index contributed by atoms with van der Waals surface area (Å²) in [6, 6.07) is 0. The van der Waals surface area contributed by atoms with Crippen LogP contribution in [0.3, 0.4) is 0 Å². The lowest BCUT2D eigenvalue weighted by Gasteiger charge is -2.20. The summed E-state index contributed by atoms with van der Waals surface area (Å²) in [5.41, 5.74) is -1.41. The lowest BCUT2D eigenvalue weighted by Crippen LogP contribution is -2.26. The van der Waals surface area contributed by atoms with Gasteiger partial charge in [-0.2, -0.15) is 0 Å². The lowest BCUT2D eigenvalue weighted by atomic mass is 10.2. The fraction of sp³-hybridized carbons (Fsp3) is 0.667. The van der Waals surface area contributed by atoms with E-state index < -0.39 is 28.9 Å². The Morgan fingerprint density at radius 3 is 1.71 bits per heavy atom. The first kappa shape index (κ1) is 15.5. The first-order valence-electron chi connectivity index (χ1n) is 5.28. The summed E-state index contributed by atoms with van der Waals surface area (Å²) >= 11 is 0. The van der Waals surface area contributed by atoms with Crippen LogP contribution in [0.4, 0.5) is 0 Å². The zero-order valence-electron chi connectivity index (χ0n) is 11.2. The summed E-state index contributed by atoms with van der Waals surface area (Å²) in [5.74, 6) is -2.52. The Morgan fingerprint density at radius 2 is 1.35 bits per heavy atom. The Morgan fingerprint density at radius 1 is 0.941 bits per heavy atom. The summed E-state index contributed by atoms with van der Waals surface area (Å²) in [6.45, 7) is 10.0. The molecule has 0 atom stereocenters. The Balaban J connectivity index is 4.55. The van der Waals surface area contributed by atoms with Crippen molar-refractivity contribution < 1.29 is 24.2 Å². The van der Waals surface area contributed by atoms with Crippen LogP contribution in [0.15, 0.2) is 11.8 Å². The molecule has 0 aromatic heterocycles. The summed E-state index contributed by atoms with van der Waals surface area (Å²) in [4.78, 5) is 22.6. The molecule has 1 N–H and O–H groups in total. The summed E-state index contributed by atoms with van der Waals surface area (Å²) in [5, 5.41) is 9.33. The molecular weight excluding hydrogens is 224 g/mol. The molecule has 0 rings (SSSR count). The number of carbonyl (C=O) groups excluding carboxylic acids is 2. The van der Waals surface area contributed by atoms with Gasteiger partial charge in [-0.3, -0.25) is 0 Å². The lowest BCUT2D eigenvalue weighted by molar-refractivity contribution is -0.155. The normalized spacial score (nSPS) is 13.2. The number of aliphatic hydroxyl groups is 1. The second-order valence-electron chi connectivity index (χ2n) is 5.56. The predicted octanol–water partition coefficient (Wildman–Crippen LogP) is 2.11. The molecule has 5 heteroatoms. The molecule has 0 aromatic carbocycles. The summed E-state index contributed by atoms with van der Waals surface area (Å²) < 4.78 is 9.77. The van der Waals surface area contributed by atoms with Crippen LogP contribution in [-0.2, 0) is 19.1 Å². The van der Waals surface area contributed by atoms with E-state index in [0.717, 1.165) is 0 Å². The van der Waals surface area contributed by atoms with Crippen molar-refractivity contribution in [1.29, 1.82) is 0 Å². The molecule has 0 unspecified atom stereocenters. The van der Waals surface area contributed by atoms with Gasteiger partial charge in [0.25, 0.3) is 0 Å². The quantitative estimate of drug-likeness (QED) is 0.457. The Hall–Kier alpha value is -1.52. The molecule has 0 saturated carbocycles. The van der Waals surface area contributed by atoms with Gasteiger partial charge in [0.15, 0.2) is 0 Å². The van der Waals surface area contributed by atoms with Crippen LogP contribution < -0.4 is 0 Å². The topological polar surface area (TPSA) is 72.8 Å². The van der Waals surface area contributed by atoms with Gasteiger partial charge in [-0.1, -0.05) is 0 Å². The highest BCUT2D eigenvalue weighted by Gasteiger charge is 2.21. The maximum absolute atomic E-state index is 11.3. The van der Waals surface area contributed by atoms with Gasteiger partial charge in [0.1, 0.15) is 11.2 Å². The average molecular weight is 244 g/mol. The molecule has 0 saturated heterocycles. The molecule has 0 aromatic rings. The highest BCUT2D eigenvalue weighted by atomic mass is 16.6. The third-order valence-corrected chi connectivity index (χ3v) is 1.27. The number of ether oxygens (including phenoxy) is 2. The van der Waals surface area contributed by atoms with Crippen molar-refractivity contribution in [2.45, 2.75) is 52.7 Å². The van der Waals surface area contributed by atoms with Crippen LogP contribution in [0.25, 0.3) is 0 Å². The van der Waals surface area contributed by atoms with Gasteiger partial charge in [-0.15, -0.1) is 0 Å². The molecule has 0 amide bonds. The number of aliphatic hydroxyl groups excluding tert-OH is 1. The first-order valence-corrected chi connectivity index (χ1v) is 5.28. The van der Waals surface area contributed by atoms with E-state index in [1.54, 1.807) is 41.5 Å². The average Bonchev–Trinajstić information content (AvgIpc) is 1.95. The molecule has 0 aliphatic carbocycles. The van der Waals surface area contributed by atoms with Gasteiger partial charge >= 0.3 is 11.9 Å². The maximum Gasteiger partial charge on any atom is 0.374 e. The fourth-order valence-corrected chi connectivity index (χ4v) is 0.832. The van der Waals surface area contributed by atoms with E-state index in [9.17, 15) is 14.7 Å². The largest absolute Gasteiger partial charge is 0.502 e. The molecule has 0 aliphatic heterocycles. The fourth-order valence-electron chi connectivity index (χ4n) is 0.832. The monoisotopic (exact) mass is 244 g/mol. The van der Waals surface area contributed by atoms with Gasteiger partial charge < -0.3 is 14.6 Å². The molecule has 0 spiro atoms. The SMILES string of the molecule is CC(C)(C)OC(=O)C=C(O)C(=O)OC(C)(C)C. The van der Waals surface area contributed by atoms with Crippen LogP contribution in [0.1, 0.15) is 41.5 Å². The molecule has 5 nitrogen and oxygen atoms in total. The third kappa shape index (κ3) is 8.30. The van der Waals surface area contributed by atoms with Crippen molar-refractivity contribution in [3.63, 3.8) is 0 Å². The number of carbonyl (C=O) groups is 2. The van der Waals surface area contributed by atoms with Crippen molar-refractivity contribution in [2.75, 3.05) is 0 Å². The molecule has 0 heterocycles. The molecule has 0 bridgehead atoms. The van der Waals surface area contributed by atoms with Gasteiger partial charge in [0, 0.05) is 0 Å². The van der Waals surface area contributed by atoms with E-state index in [1.807, 2.05) is 0 Å². The minimum absolute atomic E-state index is 0.679. The molecule has 0 radical (unpaired) electrons. The van der Waals surface area contributed by atoms with E-state index >= 15 is 0 Å². The minimum Gasteiger partial charge on any atom is -0.502 e. The van der Waals surface area contributed by atoms with Crippen LogP contribution in [-0.4, -0.2) is 28.2 Å². The van der Waals surface area contributed by atoms with Crippen LogP contribution in [0.2, 0.25) is 0 Å². The number of hydrogen-bond acceptors (Lipinski definition) is 5. The maximum atomic E-state index is 11.3. The van der Waals surface area contributed by atoms with Crippen molar-refractivity contribution in [3.8, 4) is 0 Å². The second kappa shape index (κ2) is 5.21. The zero-order chi connectivity index (χ0) is 13.9. The highest BCUT2D eigenvalue weighted by molar-refractivity contribution is 5.94. The van der Waals surface area contributed by atoms with E-state index in [4.69, 9.17) is 9.47 Å². The molecule has 0 aliphatic rings. The number of hydrogen-bond donors (Lipinski definition) is 1. The van der Waals surface area contributed by atoms with E-state index in [2.05, 4.69) is 0 Å². The molecule has 17 heavy (non-hydrogen) atoms. The Bertz CT molecular complexity index is 328. The van der Waals surface area contributed by atoms with Gasteiger partial charge in [-0.05, 0) is 41.5 Å².